The second-order valence-electron chi connectivity index (χ2n) is 4.40. The number of anilines is 1. The van der Waals surface area contributed by atoms with Gasteiger partial charge in [-0.1, -0.05) is 0 Å². The van der Waals surface area contributed by atoms with E-state index in [0.717, 1.165) is 32.5 Å². The molecule has 0 atom stereocenters. The molecule has 108 valence electrons. The lowest BCUT2D eigenvalue weighted by atomic mass is 9.97. The van der Waals surface area contributed by atoms with Gasteiger partial charge in [-0.2, -0.15) is 0 Å². The van der Waals surface area contributed by atoms with Crippen molar-refractivity contribution in [3.8, 4) is 0 Å². The molecule has 0 bridgehead atoms. The molecule has 0 saturated carbocycles. The number of rotatable bonds is 3. The van der Waals surface area contributed by atoms with Gasteiger partial charge in [0.1, 0.15) is 5.82 Å². The minimum Gasteiger partial charge on any atom is -0.365 e. The smallest absolute Gasteiger partial charge is 0.252 e. The highest BCUT2D eigenvalue weighted by Crippen LogP contribution is 2.23. The van der Waals surface area contributed by atoms with Crippen LogP contribution >= 0.6 is 24.8 Å². The number of primary amides is 1. The normalized spacial score (nSPS) is 15.3. The van der Waals surface area contributed by atoms with E-state index in [4.69, 9.17) is 11.5 Å². The fourth-order valence-electron chi connectivity index (χ4n) is 2.22. The predicted octanol–water partition coefficient (Wildman–Crippen LogP) is 1.20. The van der Waals surface area contributed by atoms with Gasteiger partial charge in [0.25, 0.3) is 5.91 Å². The molecule has 1 aromatic heterocycles. The molecule has 1 fully saturated rings. The third kappa shape index (κ3) is 4.23. The number of pyridine rings is 1. The Morgan fingerprint density at radius 3 is 2.53 bits per heavy atom. The minimum absolute atomic E-state index is 0. The summed E-state index contributed by atoms with van der Waals surface area (Å²) < 4.78 is 0. The van der Waals surface area contributed by atoms with Crippen molar-refractivity contribution in [2.75, 3.05) is 24.5 Å². The standard InChI is InChI=1S/C12H18N4O.2ClH/c13-8-9-3-6-16(7-4-9)12-10(11(14)17)2-1-5-15-12;;/h1-2,5,9H,3-4,6-8,13H2,(H2,14,17);2*1H. The van der Waals surface area contributed by atoms with Crippen molar-refractivity contribution >= 4 is 36.5 Å². The molecule has 4 N–H and O–H groups in total. The summed E-state index contributed by atoms with van der Waals surface area (Å²) in [5, 5.41) is 0. The van der Waals surface area contributed by atoms with Crippen LogP contribution in [0.5, 0.6) is 0 Å². The van der Waals surface area contributed by atoms with Gasteiger partial charge in [0, 0.05) is 19.3 Å². The number of nitrogens with two attached hydrogens (primary N) is 2. The largest absolute Gasteiger partial charge is 0.365 e. The maximum Gasteiger partial charge on any atom is 0.252 e. The van der Waals surface area contributed by atoms with Crippen LogP contribution in [-0.4, -0.2) is 30.5 Å². The Labute approximate surface area is 125 Å². The molecule has 0 aromatic carbocycles. The van der Waals surface area contributed by atoms with Gasteiger partial charge in [0.05, 0.1) is 5.56 Å². The summed E-state index contributed by atoms with van der Waals surface area (Å²) in [6.07, 6.45) is 3.79. The quantitative estimate of drug-likeness (QED) is 0.878. The van der Waals surface area contributed by atoms with Crippen LogP contribution < -0.4 is 16.4 Å². The molecule has 2 heterocycles. The zero-order chi connectivity index (χ0) is 12.3. The summed E-state index contributed by atoms with van der Waals surface area (Å²) in [7, 11) is 0. The van der Waals surface area contributed by atoms with Gasteiger partial charge < -0.3 is 16.4 Å². The summed E-state index contributed by atoms with van der Waals surface area (Å²) in [6.45, 7) is 2.51. The number of carbonyl (C=O) groups is 1. The fraction of sp³-hybridized carbons (Fsp3) is 0.500. The Morgan fingerprint density at radius 2 is 2.00 bits per heavy atom. The molecule has 7 heteroatoms. The van der Waals surface area contributed by atoms with Crippen molar-refractivity contribution in [2.24, 2.45) is 17.4 Å². The number of aromatic nitrogens is 1. The number of halogens is 2. The van der Waals surface area contributed by atoms with Crippen LogP contribution in [0.2, 0.25) is 0 Å². The van der Waals surface area contributed by atoms with E-state index in [1.165, 1.54) is 0 Å². The number of nitrogens with zero attached hydrogens (tertiary/aromatic N) is 2. The lowest BCUT2D eigenvalue weighted by Crippen LogP contribution is -2.37. The Hall–Kier alpha value is -1.04. The Bertz CT molecular complexity index is 408. The van der Waals surface area contributed by atoms with Gasteiger partial charge in [0.2, 0.25) is 0 Å². The van der Waals surface area contributed by atoms with Crippen LogP contribution in [-0.2, 0) is 0 Å². The van der Waals surface area contributed by atoms with Crippen LogP contribution in [0.3, 0.4) is 0 Å². The summed E-state index contributed by atoms with van der Waals surface area (Å²) in [4.78, 5) is 17.7. The van der Waals surface area contributed by atoms with Crippen LogP contribution in [0.1, 0.15) is 23.2 Å². The monoisotopic (exact) mass is 306 g/mol. The summed E-state index contributed by atoms with van der Waals surface area (Å²) in [5.74, 6) is 0.872. The molecule has 1 aromatic rings. The average molecular weight is 307 g/mol. The molecule has 5 nitrogen and oxygen atoms in total. The number of hydrogen-bond donors (Lipinski definition) is 2. The van der Waals surface area contributed by atoms with Gasteiger partial charge in [-0.3, -0.25) is 4.79 Å². The molecule has 1 saturated heterocycles. The first-order chi connectivity index (χ1) is 8.22. The summed E-state index contributed by atoms with van der Waals surface area (Å²) >= 11 is 0. The van der Waals surface area contributed by atoms with Crippen LogP contribution in [0.15, 0.2) is 18.3 Å². The van der Waals surface area contributed by atoms with Crippen LogP contribution in [0.25, 0.3) is 0 Å². The molecule has 0 spiro atoms. The van der Waals surface area contributed by atoms with E-state index < -0.39 is 5.91 Å². The van der Waals surface area contributed by atoms with Crippen molar-refractivity contribution in [3.63, 3.8) is 0 Å². The topological polar surface area (TPSA) is 85.2 Å². The SMILES string of the molecule is Cl.Cl.NCC1CCN(c2ncccc2C(N)=O)CC1. The molecule has 0 radical (unpaired) electrons. The Kier molecular flexibility index (Phi) is 7.75. The maximum atomic E-state index is 11.3. The van der Waals surface area contributed by atoms with E-state index >= 15 is 0 Å². The van der Waals surface area contributed by atoms with E-state index in [2.05, 4.69) is 9.88 Å². The second-order valence-corrected chi connectivity index (χ2v) is 4.40. The van der Waals surface area contributed by atoms with Crippen molar-refractivity contribution in [2.45, 2.75) is 12.8 Å². The van der Waals surface area contributed by atoms with Gasteiger partial charge in [-0.25, -0.2) is 4.98 Å². The average Bonchev–Trinajstić information content (AvgIpc) is 2.39. The molecule has 1 amide bonds. The van der Waals surface area contributed by atoms with E-state index in [-0.39, 0.29) is 24.8 Å². The van der Waals surface area contributed by atoms with Crippen LogP contribution in [0.4, 0.5) is 5.82 Å². The minimum atomic E-state index is -0.422. The molecule has 1 aliphatic rings. The van der Waals surface area contributed by atoms with E-state index in [9.17, 15) is 4.79 Å². The highest BCUT2D eigenvalue weighted by Gasteiger charge is 2.22. The van der Waals surface area contributed by atoms with Gasteiger partial charge in [0.15, 0.2) is 0 Å². The molecule has 2 rings (SSSR count). The second kappa shape index (κ2) is 8.19. The zero-order valence-corrected chi connectivity index (χ0v) is 12.3. The molecule has 19 heavy (non-hydrogen) atoms. The maximum absolute atomic E-state index is 11.3. The van der Waals surface area contributed by atoms with E-state index in [1.54, 1.807) is 18.3 Å². The first kappa shape index (κ1) is 18.0. The molecular formula is C12H20Cl2N4O. The molecule has 1 aliphatic heterocycles. The van der Waals surface area contributed by atoms with E-state index in [0.29, 0.717) is 17.3 Å². The van der Waals surface area contributed by atoms with Gasteiger partial charge in [-0.15, -0.1) is 24.8 Å². The molecule has 0 aliphatic carbocycles. The first-order valence-corrected chi connectivity index (χ1v) is 5.92. The number of carbonyl (C=O) groups excluding carboxylic acids is 1. The van der Waals surface area contributed by atoms with Crippen molar-refractivity contribution in [1.29, 1.82) is 0 Å². The molecule has 0 unspecified atom stereocenters. The lowest BCUT2D eigenvalue weighted by Gasteiger charge is -2.32. The van der Waals surface area contributed by atoms with Crippen molar-refractivity contribution in [3.05, 3.63) is 23.9 Å². The summed E-state index contributed by atoms with van der Waals surface area (Å²) in [6, 6.07) is 3.45. The predicted molar refractivity (Wildman–Crippen MR) is 81.2 cm³/mol. The fourth-order valence-corrected chi connectivity index (χ4v) is 2.22. The zero-order valence-electron chi connectivity index (χ0n) is 10.6. The molecular weight excluding hydrogens is 287 g/mol. The third-order valence-corrected chi connectivity index (χ3v) is 3.30. The Balaban J connectivity index is 0.00000162. The lowest BCUT2D eigenvalue weighted by molar-refractivity contribution is 0.100. The Morgan fingerprint density at radius 1 is 1.37 bits per heavy atom. The number of amides is 1. The number of hydrogen-bond acceptors (Lipinski definition) is 4. The van der Waals surface area contributed by atoms with Crippen molar-refractivity contribution in [1.82, 2.24) is 4.98 Å². The highest BCUT2D eigenvalue weighted by atomic mass is 35.5. The first-order valence-electron chi connectivity index (χ1n) is 5.92. The third-order valence-electron chi connectivity index (χ3n) is 3.30. The van der Waals surface area contributed by atoms with Gasteiger partial charge >= 0.3 is 0 Å². The highest BCUT2D eigenvalue weighted by molar-refractivity contribution is 5.97. The van der Waals surface area contributed by atoms with Crippen molar-refractivity contribution < 1.29 is 4.79 Å². The number of piperidine rings is 1. The summed E-state index contributed by atoms with van der Waals surface area (Å²) in [5.41, 5.74) is 11.5. The van der Waals surface area contributed by atoms with E-state index in [1.807, 2.05) is 0 Å². The van der Waals surface area contributed by atoms with Crippen LogP contribution in [0, 0.1) is 5.92 Å². The van der Waals surface area contributed by atoms with Gasteiger partial charge in [-0.05, 0) is 37.4 Å².